The Kier molecular flexibility index (Phi) is 7.10. The molecule has 10 rings (SSSR count). The molecule has 0 radical (unpaired) electrons. The van der Waals surface area contributed by atoms with Gasteiger partial charge in [-0.2, -0.15) is 0 Å². The highest BCUT2D eigenvalue weighted by molar-refractivity contribution is 6.39. The largest absolute Gasteiger partial charge is 0.268 e. The molecule has 0 fully saturated rings. The zero-order valence-corrected chi connectivity index (χ0v) is 32.7. The van der Waals surface area contributed by atoms with Gasteiger partial charge in [-0.15, -0.1) is 0 Å². The van der Waals surface area contributed by atoms with Crippen LogP contribution in [0.25, 0.3) is 87.3 Å². The Morgan fingerprint density at radius 3 is 1.00 bits per heavy atom. The van der Waals surface area contributed by atoms with E-state index in [1.807, 2.05) is 60.7 Å². The van der Waals surface area contributed by atoms with Crippen LogP contribution in [0.4, 0.5) is 0 Å². The van der Waals surface area contributed by atoms with Crippen molar-refractivity contribution in [2.45, 2.75) is 79.1 Å². The van der Waals surface area contributed by atoms with Gasteiger partial charge < -0.3 is 0 Å². The smallest absolute Gasteiger partial charge is 0.266 e. The van der Waals surface area contributed by atoms with Crippen molar-refractivity contribution in [2.24, 2.45) is 0 Å². The van der Waals surface area contributed by atoms with Crippen LogP contribution in [0, 0.1) is 0 Å². The van der Waals surface area contributed by atoms with Crippen molar-refractivity contribution in [2.75, 3.05) is 0 Å². The zero-order chi connectivity index (χ0) is 39.2. The number of pyridine rings is 4. The summed E-state index contributed by atoms with van der Waals surface area (Å²) in [6, 6.07) is 22.8. The second-order valence-corrected chi connectivity index (χ2v) is 16.7. The minimum atomic E-state index is -0.395. The summed E-state index contributed by atoms with van der Waals surface area (Å²) in [6.45, 7) is 16.6. The van der Waals surface area contributed by atoms with Crippen LogP contribution in [0.15, 0.2) is 92.0 Å². The molecule has 4 heterocycles. The Hall–Kier alpha value is -6.28. The summed E-state index contributed by atoms with van der Waals surface area (Å²) in [4.78, 5) is 69.4. The van der Waals surface area contributed by atoms with Gasteiger partial charge in [0.15, 0.2) is 0 Å². The van der Waals surface area contributed by atoms with Crippen molar-refractivity contribution in [3.05, 3.63) is 136 Å². The van der Waals surface area contributed by atoms with Crippen molar-refractivity contribution in [3.63, 3.8) is 0 Å². The fraction of sp³-hybridized carbons (Fsp3) is 0.250. The maximum absolute atomic E-state index is 14.9. The predicted molar refractivity (Wildman–Crippen MR) is 229 cm³/mol. The van der Waals surface area contributed by atoms with Gasteiger partial charge in [0.05, 0.1) is 44.2 Å². The van der Waals surface area contributed by atoms with Gasteiger partial charge in [-0.05, 0) is 82.3 Å². The Balaban J connectivity index is 1.37. The van der Waals surface area contributed by atoms with E-state index in [-0.39, 0.29) is 34.8 Å². The zero-order valence-electron chi connectivity index (χ0n) is 32.7. The molecule has 6 aromatic carbocycles. The second-order valence-electron chi connectivity index (χ2n) is 16.7. The maximum Gasteiger partial charge on any atom is 0.266 e. The molecule has 8 nitrogen and oxygen atoms in total. The summed E-state index contributed by atoms with van der Waals surface area (Å²) in [5.74, 6) is 0.282. The van der Waals surface area contributed by atoms with Crippen LogP contribution in [-0.4, -0.2) is 19.1 Å². The number of rotatable bonds is 6. The Morgan fingerprint density at radius 2 is 0.679 bits per heavy atom. The third-order valence-electron chi connectivity index (χ3n) is 12.1. The molecule has 8 heteroatoms. The Bertz CT molecular complexity index is 3240. The van der Waals surface area contributed by atoms with Crippen molar-refractivity contribution in [1.29, 1.82) is 0 Å². The molecule has 0 aliphatic heterocycles. The first-order chi connectivity index (χ1) is 26.8. The van der Waals surface area contributed by atoms with E-state index in [1.165, 1.54) is 9.13 Å². The third kappa shape index (κ3) is 4.30. The molecule has 0 amide bonds. The van der Waals surface area contributed by atoms with Gasteiger partial charge in [0.2, 0.25) is 0 Å². The van der Waals surface area contributed by atoms with E-state index in [4.69, 9.17) is 9.97 Å². The van der Waals surface area contributed by atoms with Gasteiger partial charge >= 0.3 is 0 Å². The Labute approximate surface area is 321 Å². The van der Waals surface area contributed by atoms with Crippen LogP contribution < -0.4 is 22.2 Å². The molecular formula is C48H40N4O4. The van der Waals surface area contributed by atoms with Crippen LogP contribution >= 0.6 is 0 Å². The van der Waals surface area contributed by atoms with E-state index < -0.39 is 11.1 Å². The molecule has 4 aromatic heterocycles. The fourth-order valence-corrected chi connectivity index (χ4v) is 9.50. The molecule has 10 aromatic rings. The molecular weight excluding hydrogens is 697 g/mol. The first kappa shape index (κ1) is 34.2. The lowest BCUT2D eigenvalue weighted by molar-refractivity contribution is 0.792. The number of para-hydroxylation sites is 2. The van der Waals surface area contributed by atoms with Crippen LogP contribution in [0.3, 0.4) is 0 Å². The molecule has 0 unspecified atom stereocenters. The minimum Gasteiger partial charge on any atom is -0.268 e. The van der Waals surface area contributed by atoms with E-state index in [2.05, 4.69) is 55.4 Å². The van der Waals surface area contributed by atoms with Crippen LogP contribution in [0.5, 0.6) is 0 Å². The monoisotopic (exact) mass is 736 g/mol. The molecule has 0 saturated carbocycles. The van der Waals surface area contributed by atoms with Crippen LogP contribution in [-0.2, 0) is 0 Å². The number of hydrogen-bond acceptors (Lipinski definition) is 6. The van der Waals surface area contributed by atoms with Crippen molar-refractivity contribution < 1.29 is 0 Å². The number of hydrogen-bond donors (Lipinski definition) is 0. The van der Waals surface area contributed by atoms with Gasteiger partial charge in [0, 0.05) is 43.1 Å². The summed E-state index contributed by atoms with van der Waals surface area (Å²) in [5.41, 5.74) is 5.85. The van der Waals surface area contributed by atoms with Crippen LogP contribution in [0.2, 0.25) is 0 Å². The molecule has 0 aliphatic rings. The van der Waals surface area contributed by atoms with Crippen molar-refractivity contribution in [3.8, 4) is 11.4 Å². The van der Waals surface area contributed by atoms with Gasteiger partial charge in [0.25, 0.3) is 22.2 Å². The fourth-order valence-electron chi connectivity index (χ4n) is 9.50. The average molecular weight is 737 g/mol. The molecule has 0 N–H and O–H groups in total. The number of benzene rings is 6. The van der Waals surface area contributed by atoms with E-state index >= 15 is 0 Å². The summed E-state index contributed by atoms with van der Waals surface area (Å²) < 4.78 is 2.74. The van der Waals surface area contributed by atoms with E-state index in [0.29, 0.717) is 76.5 Å². The maximum atomic E-state index is 14.9. The van der Waals surface area contributed by atoms with Gasteiger partial charge in [-0.25, -0.2) is 19.1 Å². The van der Waals surface area contributed by atoms with Gasteiger partial charge in [0.1, 0.15) is 0 Å². The summed E-state index contributed by atoms with van der Waals surface area (Å²) >= 11 is 0. The molecule has 0 spiro atoms. The van der Waals surface area contributed by atoms with Gasteiger partial charge in [-0.3, -0.25) is 19.2 Å². The van der Waals surface area contributed by atoms with E-state index in [1.54, 1.807) is 12.1 Å². The SMILES string of the molecule is CC(C)c1cccc(C(C)C)c1-n1c(=O)c2ccc3nc4cc5c(=O)n(-c6c(C(C)C)cccc6C(C)C)c(=O)c6ccc7nc8cc(c1=O)c2c3c8c4c7c65. The quantitative estimate of drug-likeness (QED) is 0.124. The molecule has 0 atom stereocenters. The highest BCUT2D eigenvalue weighted by Crippen LogP contribution is 2.45. The highest BCUT2D eigenvalue weighted by Gasteiger charge is 2.29. The summed E-state index contributed by atoms with van der Waals surface area (Å²) in [5, 5.41) is 5.63. The normalized spacial score (nSPS) is 12.9. The van der Waals surface area contributed by atoms with E-state index in [9.17, 15) is 19.2 Å². The van der Waals surface area contributed by atoms with Crippen molar-refractivity contribution in [1.82, 2.24) is 19.1 Å². The first-order valence-electron chi connectivity index (χ1n) is 19.5. The highest BCUT2D eigenvalue weighted by atomic mass is 16.2. The van der Waals surface area contributed by atoms with Crippen molar-refractivity contribution >= 4 is 75.9 Å². The number of aromatic nitrogens is 4. The second kappa shape index (κ2) is 11.6. The Morgan fingerprint density at radius 1 is 0.375 bits per heavy atom. The topological polar surface area (TPSA) is 104 Å². The average Bonchev–Trinajstić information content (AvgIpc) is 3.17. The number of nitrogens with zero attached hydrogens (tertiary/aromatic N) is 4. The summed E-state index contributed by atoms with van der Waals surface area (Å²) in [7, 11) is 0. The molecule has 0 saturated heterocycles. The standard InChI is InChI=1S/C48H40N4O4/c1-21(2)25-11-9-12-26(22(3)4)43(25)51-45(53)29-15-17-33-39-37(29)31(47(51)55)19-35-41(39)42-36(50-33)20-32-38-30(16-18-34(49-35)40(38)42)46(54)52(48(32)56)44-27(23(5)6)13-10-14-28(44)24(7)8/h9-24H,1-8H3. The molecule has 0 aliphatic carbocycles. The lowest BCUT2D eigenvalue weighted by Crippen LogP contribution is -2.34. The lowest BCUT2D eigenvalue weighted by Gasteiger charge is -2.23. The van der Waals surface area contributed by atoms with Crippen LogP contribution in [0.1, 0.15) is 101 Å². The molecule has 56 heavy (non-hydrogen) atoms. The first-order valence-corrected chi connectivity index (χ1v) is 19.5. The lowest BCUT2D eigenvalue weighted by atomic mass is 9.88. The summed E-state index contributed by atoms with van der Waals surface area (Å²) in [6.07, 6.45) is 0. The van der Waals surface area contributed by atoms with E-state index in [0.717, 1.165) is 33.0 Å². The predicted octanol–water partition coefficient (Wildman–Crippen LogP) is 9.82. The molecule has 0 bridgehead atoms. The minimum absolute atomic E-state index is 0.0705. The molecule has 276 valence electrons. The third-order valence-corrected chi connectivity index (χ3v) is 12.1. The van der Waals surface area contributed by atoms with Gasteiger partial charge in [-0.1, -0.05) is 91.8 Å².